The van der Waals surface area contributed by atoms with E-state index >= 15 is 0 Å². The summed E-state index contributed by atoms with van der Waals surface area (Å²) in [6.45, 7) is 0.309. The van der Waals surface area contributed by atoms with Crippen molar-refractivity contribution < 1.29 is 24.2 Å². The van der Waals surface area contributed by atoms with E-state index in [-0.39, 0.29) is 12.2 Å². The Morgan fingerprint density at radius 2 is 1.61 bits per heavy atom. The molecule has 1 aliphatic heterocycles. The molecule has 0 saturated carbocycles. The lowest BCUT2D eigenvalue weighted by Gasteiger charge is -2.23. The molecule has 3 aromatic carbocycles. The Morgan fingerprint density at radius 1 is 0.935 bits per heavy atom. The van der Waals surface area contributed by atoms with E-state index < -0.39 is 11.5 Å². The fourth-order valence-electron chi connectivity index (χ4n) is 3.94. The largest absolute Gasteiger partial charge is 0.493 e. The number of hydrogen-bond acceptors (Lipinski definition) is 5. The molecule has 6 nitrogen and oxygen atoms in total. The molecule has 1 atom stereocenters. The van der Waals surface area contributed by atoms with Crippen molar-refractivity contribution in [3.05, 3.63) is 89.5 Å². The van der Waals surface area contributed by atoms with Crippen LogP contribution in [-0.2, 0) is 16.9 Å². The van der Waals surface area contributed by atoms with E-state index in [9.17, 15) is 14.7 Å². The van der Waals surface area contributed by atoms with E-state index in [0.717, 1.165) is 5.56 Å². The standard InChI is InChI=1S/C25H23NO5/c1-30-22-13-12-18(14-23(22)31-2)21(27)15-25(29)19-10-6-7-11-20(19)26(24(25)28)16-17-8-4-3-5-9-17/h3-14,29H,15-16H2,1-2H3. The number of fused-ring (bicyclic) bond motifs is 1. The van der Waals surface area contributed by atoms with Crippen LogP contribution in [0.2, 0.25) is 0 Å². The summed E-state index contributed by atoms with van der Waals surface area (Å²) >= 11 is 0. The number of anilines is 1. The molecule has 0 aromatic heterocycles. The first-order valence-electron chi connectivity index (χ1n) is 9.91. The maximum atomic E-state index is 13.4. The highest BCUT2D eigenvalue weighted by Gasteiger charge is 2.50. The van der Waals surface area contributed by atoms with Gasteiger partial charge < -0.3 is 19.5 Å². The molecule has 0 saturated heterocycles. The van der Waals surface area contributed by atoms with Crippen LogP contribution in [0.15, 0.2) is 72.8 Å². The van der Waals surface area contributed by atoms with Crippen LogP contribution in [-0.4, -0.2) is 31.0 Å². The first kappa shape index (κ1) is 20.6. The number of para-hydroxylation sites is 1. The molecule has 1 heterocycles. The van der Waals surface area contributed by atoms with Crippen LogP contribution in [0.3, 0.4) is 0 Å². The van der Waals surface area contributed by atoms with Gasteiger partial charge in [0.1, 0.15) is 0 Å². The fraction of sp³-hybridized carbons (Fsp3) is 0.200. The molecule has 4 rings (SSSR count). The predicted octanol–water partition coefficient (Wildman–Crippen LogP) is 3.71. The molecule has 0 bridgehead atoms. The van der Waals surface area contributed by atoms with Crippen LogP contribution in [0.5, 0.6) is 11.5 Å². The fourth-order valence-corrected chi connectivity index (χ4v) is 3.94. The van der Waals surface area contributed by atoms with Crippen LogP contribution in [0, 0.1) is 0 Å². The molecular weight excluding hydrogens is 394 g/mol. The number of nitrogens with zero attached hydrogens (tertiary/aromatic N) is 1. The quantitative estimate of drug-likeness (QED) is 0.593. The number of rotatable bonds is 7. The summed E-state index contributed by atoms with van der Waals surface area (Å²) in [6, 6.07) is 21.4. The summed E-state index contributed by atoms with van der Waals surface area (Å²) in [5.41, 5.74) is 0.373. The third-order valence-corrected chi connectivity index (χ3v) is 5.54. The molecule has 1 N–H and O–H groups in total. The van der Waals surface area contributed by atoms with Crippen molar-refractivity contribution in [3.63, 3.8) is 0 Å². The Morgan fingerprint density at radius 3 is 2.32 bits per heavy atom. The minimum absolute atomic E-state index is 0.309. The SMILES string of the molecule is COc1ccc(C(=O)CC2(O)C(=O)N(Cc3ccccc3)c3ccccc32)cc1OC. The van der Waals surface area contributed by atoms with Crippen LogP contribution in [0.1, 0.15) is 27.9 Å². The smallest absolute Gasteiger partial charge is 0.264 e. The molecule has 0 radical (unpaired) electrons. The minimum Gasteiger partial charge on any atom is -0.493 e. The lowest BCUT2D eigenvalue weighted by atomic mass is 9.88. The first-order valence-corrected chi connectivity index (χ1v) is 9.91. The van der Waals surface area contributed by atoms with Crippen LogP contribution in [0.4, 0.5) is 5.69 Å². The molecule has 0 fully saturated rings. The van der Waals surface area contributed by atoms with Gasteiger partial charge in [-0.1, -0.05) is 48.5 Å². The lowest BCUT2D eigenvalue weighted by molar-refractivity contribution is -0.136. The van der Waals surface area contributed by atoms with E-state index in [0.29, 0.717) is 34.9 Å². The molecule has 6 heteroatoms. The summed E-state index contributed by atoms with van der Waals surface area (Å²) in [6.07, 6.45) is -0.371. The Kier molecular flexibility index (Phi) is 5.48. The Hall–Kier alpha value is -3.64. The highest BCUT2D eigenvalue weighted by atomic mass is 16.5. The van der Waals surface area contributed by atoms with E-state index in [2.05, 4.69) is 0 Å². The third kappa shape index (κ3) is 3.66. The molecular formula is C25H23NO5. The summed E-state index contributed by atoms with van der Waals surface area (Å²) in [5, 5.41) is 11.5. The number of hydrogen-bond donors (Lipinski definition) is 1. The van der Waals surface area contributed by atoms with Gasteiger partial charge in [-0.05, 0) is 29.8 Å². The summed E-state index contributed by atoms with van der Waals surface area (Å²) in [4.78, 5) is 28.0. The normalized spacial score (nSPS) is 17.4. The number of amides is 1. The number of carbonyl (C=O) groups excluding carboxylic acids is 2. The molecule has 31 heavy (non-hydrogen) atoms. The van der Waals surface area contributed by atoms with Gasteiger partial charge in [-0.3, -0.25) is 9.59 Å². The van der Waals surface area contributed by atoms with Gasteiger partial charge in [0.2, 0.25) is 0 Å². The highest BCUT2D eigenvalue weighted by molar-refractivity contribution is 6.10. The van der Waals surface area contributed by atoms with Gasteiger partial charge >= 0.3 is 0 Å². The highest BCUT2D eigenvalue weighted by Crippen LogP contribution is 2.43. The maximum absolute atomic E-state index is 13.4. The second-order valence-electron chi connectivity index (χ2n) is 7.42. The van der Waals surface area contributed by atoms with Crippen LogP contribution in [0.25, 0.3) is 0 Å². The maximum Gasteiger partial charge on any atom is 0.264 e. The van der Waals surface area contributed by atoms with Crippen molar-refractivity contribution in [1.82, 2.24) is 0 Å². The summed E-state index contributed by atoms with van der Waals surface area (Å²) in [7, 11) is 3.00. The number of ether oxygens (including phenoxy) is 2. The third-order valence-electron chi connectivity index (χ3n) is 5.54. The zero-order valence-corrected chi connectivity index (χ0v) is 17.4. The van der Waals surface area contributed by atoms with Gasteiger partial charge in [-0.15, -0.1) is 0 Å². The Balaban J connectivity index is 1.66. The molecule has 0 aliphatic carbocycles. The van der Waals surface area contributed by atoms with Crippen molar-refractivity contribution in [2.24, 2.45) is 0 Å². The minimum atomic E-state index is -1.93. The number of aliphatic hydroxyl groups is 1. The second-order valence-corrected chi connectivity index (χ2v) is 7.42. The van der Waals surface area contributed by atoms with Gasteiger partial charge in [0.05, 0.1) is 32.9 Å². The predicted molar refractivity (Wildman–Crippen MR) is 116 cm³/mol. The number of carbonyl (C=O) groups is 2. The average molecular weight is 417 g/mol. The Bertz CT molecular complexity index is 1130. The molecule has 1 aliphatic rings. The van der Waals surface area contributed by atoms with Crippen molar-refractivity contribution in [1.29, 1.82) is 0 Å². The monoisotopic (exact) mass is 417 g/mol. The summed E-state index contributed by atoms with van der Waals surface area (Å²) < 4.78 is 10.5. The average Bonchev–Trinajstić information content (AvgIpc) is 3.01. The van der Waals surface area contributed by atoms with Crippen molar-refractivity contribution >= 4 is 17.4 Å². The topological polar surface area (TPSA) is 76.1 Å². The second kappa shape index (κ2) is 8.24. The van der Waals surface area contributed by atoms with Crippen LogP contribution < -0.4 is 14.4 Å². The molecule has 158 valence electrons. The first-order chi connectivity index (χ1) is 15.0. The summed E-state index contributed by atoms with van der Waals surface area (Å²) in [5.74, 6) is 0.0258. The molecule has 0 spiro atoms. The number of ketones is 1. The number of Topliss-reactive ketones (excluding diaryl/α,β-unsaturated/α-hetero) is 1. The van der Waals surface area contributed by atoms with E-state index in [4.69, 9.17) is 9.47 Å². The zero-order valence-electron chi connectivity index (χ0n) is 17.4. The lowest BCUT2D eigenvalue weighted by Crippen LogP contribution is -2.41. The van der Waals surface area contributed by atoms with E-state index in [1.807, 2.05) is 36.4 Å². The number of methoxy groups -OCH3 is 2. The van der Waals surface area contributed by atoms with Crippen molar-refractivity contribution in [3.8, 4) is 11.5 Å². The Labute approximate surface area is 180 Å². The molecule has 1 unspecified atom stereocenters. The van der Waals surface area contributed by atoms with Gasteiger partial charge in [-0.2, -0.15) is 0 Å². The number of benzene rings is 3. The zero-order chi connectivity index (χ0) is 22.0. The van der Waals surface area contributed by atoms with E-state index in [1.165, 1.54) is 19.1 Å². The molecule has 1 amide bonds. The van der Waals surface area contributed by atoms with Gasteiger partial charge in [0.15, 0.2) is 22.9 Å². The van der Waals surface area contributed by atoms with Crippen molar-refractivity contribution in [2.45, 2.75) is 18.6 Å². The van der Waals surface area contributed by atoms with E-state index in [1.54, 1.807) is 36.4 Å². The van der Waals surface area contributed by atoms with Gasteiger partial charge in [-0.25, -0.2) is 0 Å². The van der Waals surface area contributed by atoms with Gasteiger partial charge in [0.25, 0.3) is 5.91 Å². The van der Waals surface area contributed by atoms with Crippen LogP contribution >= 0.6 is 0 Å². The van der Waals surface area contributed by atoms with Gasteiger partial charge in [0, 0.05) is 11.1 Å². The molecule has 3 aromatic rings. The van der Waals surface area contributed by atoms with Crippen molar-refractivity contribution in [2.75, 3.05) is 19.1 Å².